The van der Waals surface area contributed by atoms with E-state index in [9.17, 15) is 14.7 Å². The zero-order chi connectivity index (χ0) is 44.2. The van der Waals surface area contributed by atoms with Crippen LogP contribution in [0, 0.1) is 0 Å². The van der Waals surface area contributed by atoms with E-state index in [1.165, 1.54) is 14.2 Å². The highest BCUT2D eigenvalue weighted by Crippen LogP contribution is 2.45. The average molecular weight is 865 g/mol. The molecule has 17 nitrogen and oxygen atoms in total. The van der Waals surface area contributed by atoms with Crippen LogP contribution in [-0.4, -0.2) is 120 Å². The Balaban J connectivity index is 0.932. The molecule has 0 spiro atoms. The number of dihydropyridines is 2. The van der Waals surface area contributed by atoms with E-state index in [1.54, 1.807) is 39.0 Å². The minimum Gasteiger partial charge on any atom is -0.494 e. The van der Waals surface area contributed by atoms with Crippen molar-refractivity contribution in [2.75, 3.05) is 41.7 Å². The number of nitrogens with zero attached hydrogens (tertiary/aromatic N) is 6. The van der Waals surface area contributed by atoms with Gasteiger partial charge in [0.15, 0.2) is 17.6 Å². The van der Waals surface area contributed by atoms with Gasteiger partial charge in [-0.15, -0.1) is 0 Å². The number of fused-ring (bicyclic) bond motifs is 4. The highest BCUT2D eigenvalue weighted by Gasteiger charge is 2.40. The number of aliphatic hydroxyl groups excluding tert-OH is 1. The molecule has 0 bridgehead atoms. The first kappa shape index (κ1) is 43.3. The predicted molar refractivity (Wildman–Crippen MR) is 227 cm³/mol. The maximum Gasteiger partial charge on any atom is 0.335 e. The molecule has 6 aliphatic rings. The van der Waals surface area contributed by atoms with Gasteiger partial charge in [-0.3, -0.25) is 14.8 Å². The van der Waals surface area contributed by atoms with Crippen molar-refractivity contribution in [3.63, 3.8) is 0 Å². The van der Waals surface area contributed by atoms with Crippen molar-refractivity contribution < 1.29 is 52.6 Å². The van der Waals surface area contributed by atoms with Gasteiger partial charge in [0.1, 0.15) is 23.7 Å². The summed E-state index contributed by atoms with van der Waals surface area (Å²) >= 11 is 0. The number of esters is 2. The summed E-state index contributed by atoms with van der Waals surface area (Å²) in [5.74, 6) is 1.04. The monoisotopic (exact) mass is 864 g/mol. The van der Waals surface area contributed by atoms with Crippen molar-refractivity contribution in [1.29, 1.82) is 0 Å². The molecule has 63 heavy (non-hydrogen) atoms. The van der Waals surface area contributed by atoms with Crippen molar-refractivity contribution >= 4 is 23.4 Å². The van der Waals surface area contributed by atoms with Gasteiger partial charge in [-0.1, -0.05) is 0 Å². The number of aromatic nitrogens is 4. The highest BCUT2D eigenvalue weighted by atomic mass is 16.6. The van der Waals surface area contributed by atoms with Gasteiger partial charge in [0, 0.05) is 72.7 Å². The van der Waals surface area contributed by atoms with Crippen molar-refractivity contribution in [2.45, 2.75) is 102 Å². The van der Waals surface area contributed by atoms with Crippen LogP contribution < -0.4 is 9.47 Å². The zero-order valence-corrected chi connectivity index (χ0v) is 36.3. The lowest BCUT2D eigenvalue weighted by Crippen LogP contribution is -2.37. The molecule has 2 aliphatic heterocycles. The fourth-order valence-corrected chi connectivity index (χ4v) is 9.07. The molecule has 0 saturated heterocycles. The Morgan fingerprint density at radius 2 is 1.10 bits per heavy atom. The number of aliphatic hydroxyl groups is 1. The van der Waals surface area contributed by atoms with E-state index in [1.807, 2.05) is 26.0 Å². The third-order valence-electron chi connectivity index (χ3n) is 12.0. The van der Waals surface area contributed by atoms with E-state index in [-0.39, 0.29) is 24.1 Å². The fraction of sp³-hybridized carbons (Fsp3) is 0.478. The van der Waals surface area contributed by atoms with Gasteiger partial charge < -0.3 is 43.0 Å². The maximum atomic E-state index is 13.4. The van der Waals surface area contributed by atoms with Gasteiger partial charge >= 0.3 is 24.0 Å². The van der Waals surface area contributed by atoms with E-state index >= 15 is 0 Å². The van der Waals surface area contributed by atoms with Crippen molar-refractivity contribution in [1.82, 2.24) is 19.9 Å². The van der Waals surface area contributed by atoms with Crippen molar-refractivity contribution in [2.24, 2.45) is 9.98 Å². The molecule has 2 fully saturated rings. The Labute approximate surface area is 365 Å². The van der Waals surface area contributed by atoms with Gasteiger partial charge in [0.25, 0.3) is 0 Å². The van der Waals surface area contributed by atoms with E-state index in [2.05, 4.69) is 19.9 Å². The van der Waals surface area contributed by atoms with Crippen LogP contribution >= 0.6 is 0 Å². The molecule has 17 heteroatoms. The smallest absolute Gasteiger partial charge is 0.335 e. The Bertz CT molecular complexity index is 2380. The second-order valence-corrected chi connectivity index (χ2v) is 15.7. The van der Waals surface area contributed by atoms with Crippen LogP contribution in [-0.2, 0) is 38.0 Å². The number of rotatable bonds is 15. The zero-order valence-electron chi connectivity index (χ0n) is 36.3. The molecule has 2 aromatic heterocycles. The molecule has 2 saturated carbocycles. The molecular weight excluding hydrogens is 813 g/mol. The van der Waals surface area contributed by atoms with Crippen molar-refractivity contribution in [3.05, 3.63) is 105 Å². The lowest BCUT2D eigenvalue weighted by molar-refractivity contribution is -0.166. The van der Waals surface area contributed by atoms with E-state index in [4.69, 9.17) is 47.9 Å². The fourth-order valence-electron chi connectivity index (χ4n) is 9.07. The Kier molecular flexibility index (Phi) is 13.0. The number of ether oxygens (including phenoxy) is 8. The molecule has 0 radical (unpaired) electrons. The molecule has 4 aliphatic carbocycles. The standard InChI is InChI=1S/C46H52N6O11/c1-7-60-39-15-28-30-13-26(9-11-34(30)51-42(32(28)17-37(39)56-3)24-20-47-45(58-5)48-21-24)62-41(54)19-36(53)44(55)63-27-10-12-35-31(14-27)29-16-40(61-8-2)38(57-4)18-33(29)43(52-35)25-22-49-46(59-6)50-23-25/h17-18,20-23,26-27,34-36,53H,7-16,19H2,1-6H3/t26-,27-,34-,35-,36?/m0/s1. The summed E-state index contributed by atoms with van der Waals surface area (Å²) in [5, 5.41) is 11.0. The van der Waals surface area contributed by atoms with E-state index in [0.717, 1.165) is 56.0 Å². The number of hydrogen-bond acceptors (Lipinski definition) is 17. The molecular formula is C46H52N6O11. The SMILES string of the molecule is CCOC1=C(OC)C=C2C(c3cnc(OC)nc3)=N[C@H]3CC[C@H](OC(=O)CC(O)C(=O)O[C@H]4CC[C@@H]5N=C(c6cnc(OC)nc6)C6=CC(OC)=C(OCC)CC6=C5C4)CC3=C2C1. The van der Waals surface area contributed by atoms with Crippen LogP contribution in [0.15, 0.2) is 103 Å². The quantitative estimate of drug-likeness (QED) is 0.225. The van der Waals surface area contributed by atoms with Crippen LogP contribution in [0.25, 0.3) is 0 Å². The third kappa shape index (κ3) is 8.96. The molecule has 332 valence electrons. The Hall–Kier alpha value is -6.36. The van der Waals surface area contributed by atoms with Crippen LogP contribution in [0.5, 0.6) is 12.0 Å². The molecule has 1 N–H and O–H groups in total. The summed E-state index contributed by atoms with van der Waals surface area (Å²) < 4.78 is 45.6. The van der Waals surface area contributed by atoms with E-state index < -0.39 is 36.7 Å². The number of aliphatic imine (C=N–C) groups is 2. The van der Waals surface area contributed by atoms with Crippen LogP contribution in [0.4, 0.5) is 0 Å². The van der Waals surface area contributed by atoms with Crippen LogP contribution in [0.3, 0.4) is 0 Å². The first-order valence-electron chi connectivity index (χ1n) is 21.3. The van der Waals surface area contributed by atoms with Gasteiger partial charge in [-0.05, 0) is 74.0 Å². The summed E-state index contributed by atoms with van der Waals surface area (Å²) in [4.78, 5) is 54.3. The van der Waals surface area contributed by atoms with Crippen LogP contribution in [0.2, 0.25) is 0 Å². The second kappa shape index (κ2) is 18.9. The molecule has 5 atom stereocenters. The van der Waals surface area contributed by atoms with Crippen LogP contribution in [0.1, 0.15) is 82.8 Å². The lowest BCUT2D eigenvalue weighted by atomic mass is 9.76. The molecule has 0 aromatic carbocycles. The molecule has 4 heterocycles. The maximum absolute atomic E-state index is 13.4. The largest absolute Gasteiger partial charge is 0.494 e. The van der Waals surface area contributed by atoms with E-state index in [0.29, 0.717) is 87.6 Å². The van der Waals surface area contributed by atoms with Gasteiger partial charge in [0.2, 0.25) is 0 Å². The van der Waals surface area contributed by atoms with Crippen molar-refractivity contribution in [3.8, 4) is 12.0 Å². The Morgan fingerprint density at radius 3 is 1.51 bits per heavy atom. The minimum absolute atomic E-state index is 0.162. The summed E-state index contributed by atoms with van der Waals surface area (Å²) in [6.45, 7) is 4.77. The number of carbonyl (C=O) groups excluding carboxylic acids is 2. The summed E-state index contributed by atoms with van der Waals surface area (Å²) in [6.07, 6.45) is 11.3. The molecule has 0 amide bonds. The predicted octanol–water partition coefficient (Wildman–Crippen LogP) is 5.31. The lowest BCUT2D eigenvalue weighted by Gasteiger charge is -2.37. The minimum atomic E-state index is -1.70. The number of carbonyl (C=O) groups is 2. The summed E-state index contributed by atoms with van der Waals surface area (Å²) in [5.41, 5.74) is 8.74. The number of methoxy groups -OCH3 is 4. The van der Waals surface area contributed by atoms with Gasteiger partial charge in [-0.25, -0.2) is 24.7 Å². The first-order valence-corrected chi connectivity index (χ1v) is 21.3. The second-order valence-electron chi connectivity index (χ2n) is 15.7. The average Bonchev–Trinajstić information content (AvgIpc) is 3.31. The Morgan fingerprint density at radius 1 is 0.651 bits per heavy atom. The molecule has 1 unspecified atom stereocenters. The summed E-state index contributed by atoms with van der Waals surface area (Å²) in [6, 6.07) is 0.166. The molecule has 2 aromatic rings. The van der Waals surface area contributed by atoms with Gasteiger partial charge in [-0.2, -0.15) is 0 Å². The topological polar surface area (TPSA) is 204 Å². The normalized spacial score (nSPS) is 23.3. The number of allylic oxidation sites excluding steroid dienone is 6. The number of hydrogen-bond donors (Lipinski definition) is 1. The highest BCUT2D eigenvalue weighted by molar-refractivity contribution is 6.17. The molecule has 8 rings (SSSR count). The third-order valence-corrected chi connectivity index (χ3v) is 12.0. The summed E-state index contributed by atoms with van der Waals surface area (Å²) in [7, 11) is 6.22. The van der Waals surface area contributed by atoms with Gasteiger partial charge in [0.05, 0.1) is 71.6 Å². The first-order chi connectivity index (χ1) is 30.6.